The van der Waals surface area contributed by atoms with Gasteiger partial charge in [-0.1, -0.05) is 19.9 Å². The van der Waals surface area contributed by atoms with E-state index >= 15 is 0 Å². The molecule has 34 heavy (non-hydrogen) atoms. The molecular formula is C27H32N6O. The summed E-state index contributed by atoms with van der Waals surface area (Å²) in [4.78, 5) is 24.4. The fourth-order valence-corrected chi connectivity index (χ4v) is 4.97. The smallest absolute Gasteiger partial charge is 0.259 e. The van der Waals surface area contributed by atoms with Gasteiger partial charge in [-0.3, -0.25) is 14.7 Å². The number of aromatic nitrogens is 2. The number of fused-ring (bicyclic) bond motifs is 1. The van der Waals surface area contributed by atoms with Crippen molar-refractivity contribution in [1.82, 2.24) is 14.9 Å². The van der Waals surface area contributed by atoms with Gasteiger partial charge in [0.1, 0.15) is 12.0 Å². The maximum Gasteiger partial charge on any atom is 0.259 e. The number of anilines is 3. The van der Waals surface area contributed by atoms with Gasteiger partial charge in [0.05, 0.1) is 5.56 Å². The highest BCUT2D eigenvalue weighted by molar-refractivity contribution is 6.07. The minimum atomic E-state index is -0.180. The zero-order valence-corrected chi connectivity index (χ0v) is 19.8. The third-order valence-electron chi connectivity index (χ3n) is 6.93. The second-order valence-corrected chi connectivity index (χ2v) is 9.75. The molecule has 0 aliphatic carbocycles. The van der Waals surface area contributed by atoms with E-state index in [1.165, 1.54) is 18.4 Å². The minimum Gasteiger partial charge on any atom is -0.385 e. The van der Waals surface area contributed by atoms with Crippen molar-refractivity contribution < 1.29 is 4.79 Å². The van der Waals surface area contributed by atoms with Crippen LogP contribution in [0.3, 0.4) is 0 Å². The monoisotopic (exact) mass is 456 g/mol. The highest BCUT2D eigenvalue weighted by Crippen LogP contribution is 2.38. The van der Waals surface area contributed by atoms with Gasteiger partial charge < -0.3 is 16.0 Å². The van der Waals surface area contributed by atoms with Crippen molar-refractivity contribution in [2.24, 2.45) is 0 Å². The molecular weight excluding hydrogens is 424 g/mol. The molecule has 4 heterocycles. The summed E-state index contributed by atoms with van der Waals surface area (Å²) >= 11 is 0. The van der Waals surface area contributed by atoms with Crippen molar-refractivity contribution in [3.8, 4) is 0 Å². The molecule has 2 aliphatic rings. The van der Waals surface area contributed by atoms with Crippen LogP contribution in [0, 0.1) is 0 Å². The summed E-state index contributed by atoms with van der Waals surface area (Å²) < 4.78 is 0. The van der Waals surface area contributed by atoms with Gasteiger partial charge in [0.15, 0.2) is 0 Å². The number of nitrogens with one attached hydrogen (secondary N) is 3. The lowest BCUT2D eigenvalue weighted by atomic mass is 9.78. The summed E-state index contributed by atoms with van der Waals surface area (Å²) in [5, 5.41) is 10.1. The van der Waals surface area contributed by atoms with Gasteiger partial charge in [0, 0.05) is 49.6 Å². The number of carbonyl (C=O) groups is 1. The molecule has 0 saturated carbocycles. The van der Waals surface area contributed by atoms with Crippen molar-refractivity contribution in [3.63, 3.8) is 0 Å². The fraction of sp³-hybridized carbons (Fsp3) is 0.370. The van der Waals surface area contributed by atoms with Gasteiger partial charge in [0.25, 0.3) is 5.91 Å². The molecule has 0 spiro atoms. The summed E-state index contributed by atoms with van der Waals surface area (Å²) in [6.07, 6.45) is 8.69. The van der Waals surface area contributed by atoms with E-state index < -0.39 is 0 Å². The maximum atomic E-state index is 13.3. The molecule has 1 unspecified atom stereocenters. The van der Waals surface area contributed by atoms with Crippen LogP contribution >= 0.6 is 0 Å². The van der Waals surface area contributed by atoms with Crippen molar-refractivity contribution in [3.05, 3.63) is 77.7 Å². The molecule has 1 amide bonds. The molecule has 5 rings (SSSR count). The molecule has 0 radical (unpaired) electrons. The second kappa shape index (κ2) is 9.43. The maximum absolute atomic E-state index is 13.3. The first-order chi connectivity index (χ1) is 16.5. The van der Waals surface area contributed by atoms with E-state index in [-0.39, 0.29) is 17.5 Å². The number of likely N-dealkylation sites (tertiary alicyclic amines) is 1. The number of rotatable bonds is 6. The number of pyridine rings is 2. The van der Waals surface area contributed by atoms with Crippen LogP contribution in [0.15, 0.2) is 61.1 Å². The average Bonchev–Trinajstić information content (AvgIpc) is 3.38. The molecule has 1 atom stereocenters. The van der Waals surface area contributed by atoms with E-state index in [9.17, 15) is 4.79 Å². The Kier molecular flexibility index (Phi) is 6.20. The molecule has 176 valence electrons. The van der Waals surface area contributed by atoms with Crippen LogP contribution in [0.1, 0.15) is 60.8 Å². The Labute approximate surface area is 201 Å². The summed E-state index contributed by atoms with van der Waals surface area (Å²) in [6.45, 7) is 7.47. The van der Waals surface area contributed by atoms with Crippen molar-refractivity contribution in [1.29, 1.82) is 0 Å². The topological polar surface area (TPSA) is 82.2 Å². The summed E-state index contributed by atoms with van der Waals surface area (Å²) in [6, 6.07) is 13.8. The molecule has 0 bridgehead atoms. The number of nitrogens with zero attached hydrogens (tertiary/aromatic N) is 3. The van der Waals surface area contributed by atoms with Crippen LogP contribution in [0.4, 0.5) is 17.2 Å². The lowest BCUT2D eigenvalue weighted by Gasteiger charge is -2.33. The van der Waals surface area contributed by atoms with E-state index in [0.717, 1.165) is 43.0 Å². The van der Waals surface area contributed by atoms with Gasteiger partial charge in [0.2, 0.25) is 0 Å². The fourth-order valence-electron chi connectivity index (χ4n) is 4.97. The predicted molar refractivity (Wildman–Crippen MR) is 136 cm³/mol. The highest BCUT2D eigenvalue weighted by atomic mass is 16.1. The number of hydrogen-bond donors (Lipinski definition) is 3. The third-order valence-corrected chi connectivity index (χ3v) is 6.93. The lowest BCUT2D eigenvalue weighted by molar-refractivity contribution is 0.102. The lowest BCUT2D eigenvalue weighted by Crippen LogP contribution is -2.32. The van der Waals surface area contributed by atoms with E-state index in [2.05, 4.69) is 50.7 Å². The molecule has 7 nitrogen and oxygen atoms in total. The van der Waals surface area contributed by atoms with Gasteiger partial charge in [-0.2, -0.15) is 0 Å². The Morgan fingerprint density at radius 2 is 1.88 bits per heavy atom. The van der Waals surface area contributed by atoms with Gasteiger partial charge in [-0.25, -0.2) is 4.98 Å². The predicted octanol–water partition coefficient (Wildman–Crippen LogP) is 5.03. The first kappa shape index (κ1) is 22.3. The summed E-state index contributed by atoms with van der Waals surface area (Å²) in [5.74, 6) is 0.395. The van der Waals surface area contributed by atoms with E-state index in [1.807, 2.05) is 30.3 Å². The SMILES string of the molecule is CC1(C)CCNc2cc(NC(=O)c3cccnc3NC(c3ccncc3)N3CCCC3)ccc21. The van der Waals surface area contributed by atoms with E-state index in [0.29, 0.717) is 11.4 Å². The Morgan fingerprint density at radius 1 is 1.09 bits per heavy atom. The van der Waals surface area contributed by atoms with E-state index in [4.69, 9.17) is 0 Å². The quantitative estimate of drug-likeness (QED) is 0.483. The largest absolute Gasteiger partial charge is 0.385 e. The van der Waals surface area contributed by atoms with Gasteiger partial charge in [-0.05, 0) is 72.2 Å². The number of benzene rings is 1. The van der Waals surface area contributed by atoms with Crippen LogP contribution < -0.4 is 16.0 Å². The van der Waals surface area contributed by atoms with Gasteiger partial charge in [-0.15, -0.1) is 0 Å². The zero-order valence-electron chi connectivity index (χ0n) is 19.8. The van der Waals surface area contributed by atoms with Crippen molar-refractivity contribution in [2.45, 2.75) is 44.7 Å². The van der Waals surface area contributed by atoms with Gasteiger partial charge >= 0.3 is 0 Å². The molecule has 1 fully saturated rings. The minimum absolute atomic E-state index is 0.0675. The Hall–Kier alpha value is -3.45. The molecule has 1 saturated heterocycles. The Balaban J connectivity index is 1.39. The van der Waals surface area contributed by atoms with Crippen LogP contribution in [-0.2, 0) is 5.41 Å². The molecule has 3 aromatic rings. The normalized spacial score (nSPS) is 17.9. The molecule has 3 N–H and O–H groups in total. The van der Waals surface area contributed by atoms with Crippen LogP contribution in [0.2, 0.25) is 0 Å². The Morgan fingerprint density at radius 3 is 2.68 bits per heavy atom. The number of carbonyl (C=O) groups excluding carboxylic acids is 1. The van der Waals surface area contributed by atoms with Crippen LogP contribution in [-0.4, -0.2) is 40.4 Å². The van der Waals surface area contributed by atoms with Crippen LogP contribution in [0.25, 0.3) is 0 Å². The first-order valence-electron chi connectivity index (χ1n) is 12.1. The Bertz CT molecular complexity index is 1160. The van der Waals surface area contributed by atoms with Crippen molar-refractivity contribution in [2.75, 3.05) is 35.6 Å². The van der Waals surface area contributed by atoms with E-state index in [1.54, 1.807) is 24.7 Å². The third kappa shape index (κ3) is 4.61. The molecule has 7 heteroatoms. The average molecular weight is 457 g/mol. The van der Waals surface area contributed by atoms with Crippen LogP contribution in [0.5, 0.6) is 0 Å². The molecule has 1 aromatic carbocycles. The first-order valence-corrected chi connectivity index (χ1v) is 12.1. The summed E-state index contributed by atoms with van der Waals surface area (Å²) in [5.41, 5.74) is 4.90. The highest BCUT2D eigenvalue weighted by Gasteiger charge is 2.28. The number of hydrogen-bond acceptors (Lipinski definition) is 6. The number of amides is 1. The zero-order chi connectivity index (χ0) is 23.5. The van der Waals surface area contributed by atoms with Crippen molar-refractivity contribution >= 4 is 23.1 Å². The standard InChI is InChI=1S/C27H32N6O/c1-27(2)11-15-29-23-18-20(7-8-22(23)27)31-26(34)21-6-5-12-30-24(21)32-25(33-16-3-4-17-33)19-9-13-28-14-10-19/h5-10,12-14,18,25,29H,3-4,11,15-17H2,1-2H3,(H,30,32)(H,31,34). The molecule has 2 aliphatic heterocycles. The molecule has 2 aromatic heterocycles. The summed E-state index contributed by atoms with van der Waals surface area (Å²) in [7, 11) is 0. The second-order valence-electron chi connectivity index (χ2n) is 9.75.